The number of ether oxygens (including phenoxy) is 3. The number of rotatable bonds is 3. The monoisotopic (exact) mass is 356 g/mol. The van der Waals surface area contributed by atoms with Crippen LogP contribution in [-0.4, -0.2) is 44.9 Å². The predicted molar refractivity (Wildman–Crippen MR) is 100 cm³/mol. The van der Waals surface area contributed by atoms with Crippen LogP contribution in [0.5, 0.6) is 23.0 Å². The molecule has 6 nitrogen and oxygen atoms in total. The fourth-order valence-electron chi connectivity index (χ4n) is 4.37. The van der Waals surface area contributed by atoms with Crippen molar-refractivity contribution < 1.29 is 19.3 Å². The lowest BCUT2D eigenvalue weighted by Gasteiger charge is -2.41. The number of nitrogens with zero attached hydrogens (tertiary/aromatic N) is 1. The molecule has 138 valence electrons. The van der Waals surface area contributed by atoms with Crippen LogP contribution in [0, 0.1) is 0 Å². The number of hydrogen-bond donors (Lipinski definition) is 2. The van der Waals surface area contributed by atoms with E-state index in [-0.39, 0.29) is 11.8 Å². The molecule has 0 radical (unpaired) electrons. The van der Waals surface area contributed by atoms with Crippen molar-refractivity contribution in [2.45, 2.75) is 18.9 Å². The summed E-state index contributed by atoms with van der Waals surface area (Å²) in [6.07, 6.45) is 1.66. The minimum absolute atomic E-state index is 0.0946. The second-order valence-corrected chi connectivity index (χ2v) is 6.88. The van der Waals surface area contributed by atoms with E-state index in [2.05, 4.69) is 18.0 Å². The van der Waals surface area contributed by atoms with Crippen molar-refractivity contribution in [3.05, 3.63) is 28.8 Å². The standard InChI is InChI=1S/C20H24N2O4/c1-22-6-5-10-7-15(25-3)20(26-4)18-16(10)13(22)8-11-12(21)9-14(24-2)19(23)17(11)18/h7,9,13,23H,5-6,8,21H2,1-4H3/t13-/m0/s1. The van der Waals surface area contributed by atoms with Gasteiger partial charge in [0.05, 0.1) is 21.3 Å². The van der Waals surface area contributed by atoms with Gasteiger partial charge < -0.3 is 25.1 Å². The molecule has 0 amide bonds. The van der Waals surface area contributed by atoms with E-state index < -0.39 is 0 Å². The molecule has 0 aromatic heterocycles. The highest BCUT2D eigenvalue weighted by atomic mass is 16.5. The molecule has 2 aromatic rings. The van der Waals surface area contributed by atoms with E-state index in [1.807, 2.05) is 0 Å². The topological polar surface area (TPSA) is 77.2 Å². The minimum atomic E-state index is 0.0946. The second kappa shape index (κ2) is 5.99. The number of nitrogen functional groups attached to an aromatic ring is 1. The number of aromatic hydroxyl groups is 1. The number of benzene rings is 2. The SMILES string of the molecule is COc1cc(N)c2c(c1O)-c1c(OC)c(OC)cc3c1[C@H](C2)N(C)CC3. The van der Waals surface area contributed by atoms with Crippen molar-refractivity contribution in [3.63, 3.8) is 0 Å². The first-order valence-corrected chi connectivity index (χ1v) is 8.68. The number of fused-ring (bicyclic) bond motifs is 2. The van der Waals surface area contributed by atoms with E-state index >= 15 is 0 Å². The van der Waals surface area contributed by atoms with E-state index in [0.717, 1.165) is 30.5 Å². The normalized spacial score (nSPS) is 18.1. The van der Waals surface area contributed by atoms with E-state index in [4.69, 9.17) is 19.9 Å². The minimum Gasteiger partial charge on any atom is -0.504 e. The number of nitrogens with two attached hydrogens (primary N) is 1. The molecule has 1 atom stereocenters. The Morgan fingerprint density at radius 1 is 1.08 bits per heavy atom. The molecule has 3 N–H and O–H groups in total. The maximum Gasteiger partial charge on any atom is 0.169 e. The number of anilines is 1. The third kappa shape index (κ3) is 2.15. The Labute approximate surface area is 153 Å². The Bertz CT molecular complexity index is 894. The van der Waals surface area contributed by atoms with E-state index in [1.54, 1.807) is 20.3 Å². The number of methoxy groups -OCH3 is 3. The number of phenols is 1. The first-order valence-electron chi connectivity index (χ1n) is 8.68. The van der Waals surface area contributed by atoms with Crippen molar-refractivity contribution in [2.75, 3.05) is 40.7 Å². The van der Waals surface area contributed by atoms with Gasteiger partial charge in [-0.25, -0.2) is 0 Å². The van der Waals surface area contributed by atoms with Crippen LogP contribution < -0.4 is 19.9 Å². The fourth-order valence-corrected chi connectivity index (χ4v) is 4.37. The van der Waals surface area contributed by atoms with Crippen LogP contribution in [0.4, 0.5) is 5.69 Å². The second-order valence-electron chi connectivity index (χ2n) is 6.88. The Morgan fingerprint density at radius 3 is 2.46 bits per heavy atom. The van der Waals surface area contributed by atoms with Gasteiger partial charge in [-0.1, -0.05) is 0 Å². The molecule has 0 saturated heterocycles. The summed E-state index contributed by atoms with van der Waals surface area (Å²) in [5.74, 6) is 1.74. The van der Waals surface area contributed by atoms with Crippen LogP contribution in [0.25, 0.3) is 11.1 Å². The van der Waals surface area contributed by atoms with Crippen LogP contribution in [-0.2, 0) is 12.8 Å². The smallest absolute Gasteiger partial charge is 0.169 e. The van der Waals surface area contributed by atoms with Crippen LogP contribution in [0.15, 0.2) is 12.1 Å². The van der Waals surface area contributed by atoms with Gasteiger partial charge in [0.1, 0.15) is 0 Å². The van der Waals surface area contributed by atoms with Crippen molar-refractivity contribution in [1.82, 2.24) is 4.90 Å². The summed E-state index contributed by atoms with van der Waals surface area (Å²) in [4.78, 5) is 2.33. The molecule has 1 aliphatic carbocycles. The number of phenolic OH excluding ortho intramolecular Hbond substituents is 1. The average Bonchev–Trinajstić information content (AvgIpc) is 2.66. The fraction of sp³-hybridized carbons (Fsp3) is 0.400. The van der Waals surface area contributed by atoms with Gasteiger partial charge in [0.25, 0.3) is 0 Å². The van der Waals surface area contributed by atoms with E-state index in [0.29, 0.717) is 28.5 Å². The molecule has 6 heteroatoms. The van der Waals surface area contributed by atoms with Crippen LogP contribution in [0.1, 0.15) is 22.7 Å². The number of likely N-dealkylation sites (N-methyl/N-ethyl adjacent to an activating group) is 1. The molecule has 2 aromatic carbocycles. The van der Waals surface area contributed by atoms with Gasteiger partial charge in [0, 0.05) is 35.5 Å². The zero-order chi connectivity index (χ0) is 18.6. The summed E-state index contributed by atoms with van der Waals surface area (Å²) < 4.78 is 16.7. The van der Waals surface area contributed by atoms with E-state index in [9.17, 15) is 5.11 Å². The summed E-state index contributed by atoms with van der Waals surface area (Å²) in [6.45, 7) is 0.962. The zero-order valence-electron chi connectivity index (χ0n) is 15.5. The quantitative estimate of drug-likeness (QED) is 0.650. The molecule has 26 heavy (non-hydrogen) atoms. The maximum atomic E-state index is 10.9. The van der Waals surface area contributed by atoms with Crippen molar-refractivity contribution in [3.8, 4) is 34.1 Å². The third-order valence-electron chi connectivity index (χ3n) is 5.67. The van der Waals surface area contributed by atoms with Gasteiger partial charge in [0.15, 0.2) is 23.0 Å². The van der Waals surface area contributed by atoms with Gasteiger partial charge in [-0.2, -0.15) is 0 Å². The molecule has 0 bridgehead atoms. The number of hydrogen-bond acceptors (Lipinski definition) is 6. The molecule has 0 saturated carbocycles. The van der Waals surface area contributed by atoms with Gasteiger partial charge in [-0.3, -0.25) is 4.90 Å². The molecular formula is C20H24N2O4. The Balaban J connectivity index is 2.15. The molecule has 0 unspecified atom stereocenters. The molecular weight excluding hydrogens is 332 g/mol. The Hall–Kier alpha value is -2.60. The molecule has 2 aliphatic rings. The highest BCUT2D eigenvalue weighted by molar-refractivity contribution is 5.91. The predicted octanol–water partition coefficient (Wildman–Crippen LogP) is 2.75. The molecule has 0 fully saturated rings. The van der Waals surface area contributed by atoms with Crippen LogP contribution in [0.2, 0.25) is 0 Å². The van der Waals surface area contributed by atoms with Gasteiger partial charge >= 0.3 is 0 Å². The van der Waals surface area contributed by atoms with Crippen molar-refractivity contribution in [1.29, 1.82) is 0 Å². The summed E-state index contributed by atoms with van der Waals surface area (Å²) in [5.41, 5.74) is 11.9. The van der Waals surface area contributed by atoms with Gasteiger partial charge in [-0.05, 0) is 42.6 Å². The molecule has 1 heterocycles. The molecule has 1 aliphatic heterocycles. The lowest BCUT2D eigenvalue weighted by molar-refractivity contribution is 0.226. The third-order valence-corrected chi connectivity index (χ3v) is 5.67. The van der Waals surface area contributed by atoms with Crippen LogP contribution >= 0.6 is 0 Å². The lowest BCUT2D eigenvalue weighted by atomic mass is 9.75. The largest absolute Gasteiger partial charge is 0.504 e. The van der Waals surface area contributed by atoms with Gasteiger partial charge in [-0.15, -0.1) is 0 Å². The maximum absolute atomic E-state index is 10.9. The van der Waals surface area contributed by atoms with Crippen LogP contribution in [0.3, 0.4) is 0 Å². The van der Waals surface area contributed by atoms with E-state index in [1.165, 1.54) is 18.2 Å². The summed E-state index contributed by atoms with van der Waals surface area (Å²) in [6, 6.07) is 3.94. The van der Waals surface area contributed by atoms with Crippen molar-refractivity contribution in [2.24, 2.45) is 0 Å². The first-order chi connectivity index (χ1) is 12.5. The van der Waals surface area contributed by atoms with Crippen molar-refractivity contribution >= 4 is 5.69 Å². The Morgan fingerprint density at radius 2 is 1.81 bits per heavy atom. The Kier molecular flexibility index (Phi) is 3.88. The summed E-state index contributed by atoms with van der Waals surface area (Å²) in [7, 11) is 6.90. The lowest BCUT2D eigenvalue weighted by Crippen LogP contribution is -2.36. The average molecular weight is 356 g/mol. The zero-order valence-corrected chi connectivity index (χ0v) is 15.5. The summed E-state index contributed by atoms with van der Waals surface area (Å²) in [5, 5.41) is 10.9. The molecule has 0 spiro atoms. The molecule has 4 rings (SSSR count). The summed E-state index contributed by atoms with van der Waals surface area (Å²) >= 11 is 0. The highest BCUT2D eigenvalue weighted by Crippen LogP contribution is 2.57. The first kappa shape index (κ1) is 16.8. The van der Waals surface area contributed by atoms with Gasteiger partial charge in [0.2, 0.25) is 0 Å². The highest BCUT2D eigenvalue weighted by Gasteiger charge is 2.39.